The molecule has 2 aliphatic rings. The highest BCUT2D eigenvalue weighted by Crippen LogP contribution is 2.38. The molecule has 1 atom stereocenters. The maximum Gasteiger partial charge on any atom is 0.142 e. The number of halogens is 2. The van der Waals surface area contributed by atoms with Crippen molar-refractivity contribution in [2.75, 3.05) is 31.6 Å². The number of aliphatic hydroxyl groups is 1. The number of anilines is 1. The number of ether oxygens (including phenoxy) is 2. The molecule has 1 aliphatic carbocycles. The third-order valence-corrected chi connectivity index (χ3v) is 11.6. The van der Waals surface area contributed by atoms with Gasteiger partial charge in [0, 0.05) is 82.3 Å². The second-order valence-electron chi connectivity index (χ2n) is 14.1. The summed E-state index contributed by atoms with van der Waals surface area (Å²) in [6.07, 6.45) is 12.4. The van der Waals surface area contributed by atoms with Gasteiger partial charge in [0.05, 0.1) is 17.2 Å². The molecule has 278 valence electrons. The zero-order valence-corrected chi connectivity index (χ0v) is 32.6. The van der Waals surface area contributed by atoms with Crippen LogP contribution in [0.25, 0.3) is 11.1 Å². The maximum atomic E-state index is 9.53. The third kappa shape index (κ3) is 9.97. The zero-order valence-electron chi connectivity index (χ0n) is 30.2. The Bertz CT molecular complexity index is 1900. The molecule has 0 bridgehead atoms. The van der Waals surface area contributed by atoms with Crippen LogP contribution in [0.15, 0.2) is 71.5 Å². The predicted octanol–water partition coefficient (Wildman–Crippen LogP) is 8.73. The van der Waals surface area contributed by atoms with Crippen LogP contribution in [0.2, 0.25) is 5.02 Å². The molecular weight excluding hydrogens is 752 g/mol. The van der Waals surface area contributed by atoms with Crippen LogP contribution in [-0.4, -0.2) is 59.5 Å². The molecule has 1 unspecified atom stereocenters. The average molecular weight is 800 g/mol. The van der Waals surface area contributed by atoms with Crippen LogP contribution < -0.4 is 20.1 Å². The van der Waals surface area contributed by atoms with E-state index in [1.54, 1.807) is 18.3 Å². The lowest BCUT2D eigenvalue weighted by Gasteiger charge is -2.34. The Morgan fingerprint density at radius 2 is 1.77 bits per heavy atom. The Kier molecular flexibility index (Phi) is 13.8. The summed E-state index contributed by atoms with van der Waals surface area (Å²) >= 11 is 10.6. The summed E-state index contributed by atoms with van der Waals surface area (Å²) in [5, 5.41) is 34.6. The van der Waals surface area contributed by atoms with Crippen molar-refractivity contribution < 1.29 is 14.6 Å². The van der Waals surface area contributed by atoms with E-state index >= 15 is 0 Å². The van der Waals surface area contributed by atoms with E-state index in [0.29, 0.717) is 34.5 Å². The number of pyridine rings is 1. The first-order valence-corrected chi connectivity index (χ1v) is 19.7. The topological polar surface area (TPSA) is 127 Å². The molecule has 6 rings (SSSR count). The van der Waals surface area contributed by atoms with Gasteiger partial charge in [0.2, 0.25) is 0 Å². The minimum absolute atomic E-state index is 0.00629. The van der Waals surface area contributed by atoms with Crippen molar-refractivity contribution in [3.8, 4) is 28.7 Å². The molecule has 1 aliphatic heterocycles. The molecule has 11 heteroatoms. The highest BCUT2D eigenvalue weighted by Gasteiger charge is 2.27. The van der Waals surface area contributed by atoms with Crippen LogP contribution in [0.3, 0.4) is 0 Å². The number of nitrogens with zero attached hydrogens (tertiary/aromatic N) is 3. The Labute approximate surface area is 326 Å². The summed E-state index contributed by atoms with van der Waals surface area (Å²) in [4.78, 5) is 6.84. The highest BCUT2D eigenvalue weighted by molar-refractivity contribution is 9.10. The van der Waals surface area contributed by atoms with Crippen molar-refractivity contribution in [2.45, 2.75) is 77.3 Å². The lowest BCUT2D eigenvalue weighted by Crippen LogP contribution is -2.37. The highest BCUT2D eigenvalue weighted by atomic mass is 79.9. The predicted molar refractivity (Wildman–Crippen MR) is 215 cm³/mol. The fraction of sp³-hybridized carbons (Fsp3) is 0.405. The van der Waals surface area contributed by atoms with Gasteiger partial charge in [-0.3, -0.25) is 4.98 Å². The number of rotatable bonds is 16. The second kappa shape index (κ2) is 18.9. The van der Waals surface area contributed by atoms with Crippen LogP contribution in [0.1, 0.15) is 73.3 Å². The lowest BCUT2D eigenvalue weighted by molar-refractivity contribution is 0.168. The number of benzene rings is 3. The van der Waals surface area contributed by atoms with Gasteiger partial charge in [0.1, 0.15) is 30.8 Å². The van der Waals surface area contributed by atoms with Crippen molar-refractivity contribution in [3.05, 3.63) is 104 Å². The normalized spacial score (nSPS) is 17.9. The monoisotopic (exact) mass is 798 g/mol. The van der Waals surface area contributed by atoms with Crippen LogP contribution in [0, 0.1) is 22.7 Å². The zero-order chi connectivity index (χ0) is 37.2. The van der Waals surface area contributed by atoms with Crippen LogP contribution in [-0.2, 0) is 19.8 Å². The first kappa shape index (κ1) is 38.7. The number of nitriles is 1. The van der Waals surface area contributed by atoms with Gasteiger partial charge < -0.3 is 35.5 Å². The molecule has 1 saturated carbocycles. The van der Waals surface area contributed by atoms with Crippen molar-refractivity contribution in [2.24, 2.45) is 5.92 Å². The molecule has 4 aromatic rings. The Morgan fingerprint density at radius 3 is 2.53 bits per heavy atom. The first-order chi connectivity index (χ1) is 25.9. The van der Waals surface area contributed by atoms with E-state index in [9.17, 15) is 10.4 Å². The molecule has 2 heterocycles. The van der Waals surface area contributed by atoms with Crippen molar-refractivity contribution in [1.29, 1.82) is 10.7 Å². The molecule has 0 spiro atoms. The van der Waals surface area contributed by atoms with E-state index in [1.807, 2.05) is 25.1 Å². The smallest absolute Gasteiger partial charge is 0.142 e. The summed E-state index contributed by atoms with van der Waals surface area (Å²) in [7, 11) is 0. The van der Waals surface area contributed by atoms with Crippen LogP contribution >= 0.6 is 27.5 Å². The summed E-state index contributed by atoms with van der Waals surface area (Å²) in [6.45, 7) is 6.19. The standard InChI is InChI=1S/C42H48BrClN6O3/c1-28(25-51)48-24-33-17-38(44)41(18-40(33)52-26-31-16-30(19-45)21-47-22-31)53-27-32-6-4-8-36(42(32)43)35-7-5-9-39(37(35)20-46)49-23-29-10-12-34(13-11-29)50-14-2-3-15-50/h4-9,16-18,20-22,28-29,34,46,48-49,51H,2-3,10-15,23-27H2,1H3. The fourth-order valence-electron chi connectivity index (χ4n) is 7.34. The second-order valence-corrected chi connectivity index (χ2v) is 15.3. The van der Waals surface area contributed by atoms with Crippen molar-refractivity contribution in [1.82, 2.24) is 15.2 Å². The van der Waals surface area contributed by atoms with E-state index in [1.165, 1.54) is 64.0 Å². The van der Waals surface area contributed by atoms with Crippen molar-refractivity contribution >= 4 is 39.4 Å². The summed E-state index contributed by atoms with van der Waals surface area (Å²) < 4.78 is 13.4. The molecule has 1 saturated heterocycles. The van der Waals surface area contributed by atoms with Crippen molar-refractivity contribution in [3.63, 3.8) is 0 Å². The minimum Gasteiger partial charge on any atom is -0.488 e. The van der Waals surface area contributed by atoms with Crippen LogP contribution in [0.5, 0.6) is 11.5 Å². The van der Waals surface area contributed by atoms with Gasteiger partial charge in [0.15, 0.2) is 0 Å². The van der Waals surface area contributed by atoms with Gasteiger partial charge in [-0.15, -0.1) is 0 Å². The van der Waals surface area contributed by atoms with Gasteiger partial charge in [-0.05, 0) is 110 Å². The quantitative estimate of drug-likeness (QED) is 0.0830. The molecular formula is C42H48BrClN6O3. The first-order valence-electron chi connectivity index (χ1n) is 18.5. The molecule has 9 nitrogen and oxygen atoms in total. The lowest BCUT2D eigenvalue weighted by atomic mass is 9.85. The minimum atomic E-state index is -0.118. The number of likely N-dealkylation sites (tertiary alicyclic amines) is 1. The third-order valence-electron chi connectivity index (χ3n) is 10.4. The number of aliphatic hydroxyl groups excluding tert-OH is 1. The van der Waals surface area contributed by atoms with E-state index < -0.39 is 0 Å². The van der Waals surface area contributed by atoms with E-state index in [4.69, 9.17) is 26.5 Å². The molecule has 0 radical (unpaired) electrons. The van der Waals surface area contributed by atoms with Gasteiger partial charge in [-0.1, -0.05) is 41.9 Å². The maximum absolute atomic E-state index is 9.53. The van der Waals surface area contributed by atoms with E-state index in [0.717, 1.165) is 56.1 Å². The Hall–Kier alpha value is -3.98. The molecule has 0 amide bonds. The summed E-state index contributed by atoms with van der Waals surface area (Å²) in [6, 6.07) is 20.3. The molecule has 3 aromatic carbocycles. The number of nitrogens with one attached hydrogen (secondary N) is 3. The largest absolute Gasteiger partial charge is 0.488 e. The van der Waals surface area contributed by atoms with Gasteiger partial charge >= 0.3 is 0 Å². The number of hydrogen-bond donors (Lipinski definition) is 4. The molecule has 2 fully saturated rings. The Morgan fingerprint density at radius 1 is 1.02 bits per heavy atom. The van der Waals surface area contributed by atoms with Gasteiger partial charge in [0.25, 0.3) is 0 Å². The van der Waals surface area contributed by atoms with E-state index in [2.05, 4.69) is 66.8 Å². The summed E-state index contributed by atoms with van der Waals surface area (Å²) in [5.41, 5.74) is 6.72. The van der Waals surface area contributed by atoms with Crippen LogP contribution in [0.4, 0.5) is 5.69 Å². The summed E-state index contributed by atoms with van der Waals surface area (Å²) in [5.74, 6) is 1.67. The van der Waals surface area contributed by atoms with E-state index in [-0.39, 0.29) is 25.9 Å². The fourth-order valence-corrected chi connectivity index (χ4v) is 8.17. The van der Waals surface area contributed by atoms with Gasteiger partial charge in [-0.2, -0.15) is 5.26 Å². The molecule has 53 heavy (non-hydrogen) atoms. The number of hydrogen-bond acceptors (Lipinski definition) is 9. The Balaban J connectivity index is 1.15. The molecule has 4 N–H and O–H groups in total. The SMILES string of the molecule is CC(CO)NCc1cc(Cl)c(OCc2cccc(-c3cccc(NCC4CCC(N5CCCC5)CC4)c3C=N)c2Br)cc1OCc1cncc(C#N)c1. The average Bonchev–Trinajstić information content (AvgIpc) is 3.74. The van der Waals surface area contributed by atoms with Gasteiger partial charge in [-0.25, -0.2) is 0 Å². The molecule has 1 aromatic heterocycles. The number of aromatic nitrogens is 1.